The van der Waals surface area contributed by atoms with E-state index in [1.54, 1.807) is 0 Å². The summed E-state index contributed by atoms with van der Waals surface area (Å²) in [5.41, 5.74) is 5.61. The molecule has 4 heterocycles. The lowest BCUT2D eigenvalue weighted by Crippen LogP contribution is -2.53. The van der Waals surface area contributed by atoms with Gasteiger partial charge in [-0.2, -0.15) is 0 Å². The summed E-state index contributed by atoms with van der Waals surface area (Å²) in [4.78, 5) is 0. The molecule has 0 amide bonds. The summed E-state index contributed by atoms with van der Waals surface area (Å²) in [6, 6.07) is 9.23. The van der Waals surface area contributed by atoms with Crippen LogP contribution in [0.15, 0.2) is 24.3 Å². The van der Waals surface area contributed by atoms with Crippen LogP contribution < -0.4 is 18.9 Å². The molecule has 5 heteroatoms. The number of nitrogens with zero attached hydrogens (tertiary/aromatic N) is 1. The van der Waals surface area contributed by atoms with Gasteiger partial charge in [-0.25, -0.2) is 0 Å². The topological polar surface area (TPSA) is 36.9 Å². The van der Waals surface area contributed by atoms with Crippen LogP contribution in [-0.4, -0.2) is 31.7 Å². The Balaban J connectivity index is 1.47. The third kappa shape index (κ3) is 1.87. The zero-order chi connectivity index (χ0) is 16.6. The van der Waals surface area contributed by atoms with Gasteiger partial charge in [-0.15, -0.1) is 0 Å². The number of ether oxygens (including phenoxy) is 4. The van der Waals surface area contributed by atoms with Gasteiger partial charge < -0.3 is 23.4 Å². The summed E-state index contributed by atoms with van der Waals surface area (Å²) in [5, 5.41) is 0. The van der Waals surface area contributed by atoms with E-state index in [0.29, 0.717) is 19.6 Å². The molecule has 2 aromatic rings. The summed E-state index contributed by atoms with van der Waals surface area (Å²) < 4.78 is 23.4. The van der Waals surface area contributed by atoms with Crippen LogP contribution in [0.2, 0.25) is 0 Å². The molecule has 0 fully saturated rings. The quantitative estimate of drug-likeness (QED) is 0.692. The summed E-state index contributed by atoms with van der Waals surface area (Å²) in [7, 11) is 2.38. The first-order chi connectivity index (χ1) is 12.2. The first-order valence-electron chi connectivity index (χ1n) is 8.88. The Labute approximate surface area is 146 Å². The molecule has 2 aromatic carbocycles. The number of benzene rings is 2. The molecule has 0 N–H and O–H groups in total. The Morgan fingerprint density at radius 1 is 0.800 bits per heavy atom. The van der Waals surface area contributed by atoms with Crippen molar-refractivity contribution in [1.82, 2.24) is 0 Å². The Kier molecular flexibility index (Phi) is 2.55. The first-order valence-corrected chi connectivity index (χ1v) is 8.88. The zero-order valence-corrected chi connectivity index (χ0v) is 14.2. The molecule has 2 atom stereocenters. The van der Waals surface area contributed by atoms with Gasteiger partial charge in [-0.1, -0.05) is 0 Å². The SMILES string of the molecule is C[N@+]12CCc3cc4c(cc3[C@@H]1Cc1cc3c(cc1C2)OCO3)OCO4. The van der Waals surface area contributed by atoms with Crippen molar-refractivity contribution in [2.45, 2.75) is 25.4 Å². The minimum absolute atomic E-state index is 0.333. The lowest BCUT2D eigenvalue weighted by molar-refractivity contribution is -0.956. The van der Waals surface area contributed by atoms with Gasteiger partial charge in [-0.05, 0) is 35.4 Å². The van der Waals surface area contributed by atoms with Crippen LogP contribution >= 0.6 is 0 Å². The van der Waals surface area contributed by atoms with Crippen molar-refractivity contribution in [2.75, 3.05) is 27.2 Å². The number of rotatable bonds is 0. The molecule has 128 valence electrons. The molecule has 4 aliphatic rings. The summed E-state index contributed by atoms with van der Waals surface area (Å²) in [5.74, 6) is 3.57. The summed E-state index contributed by atoms with van der Waals surface area (Å²) in [6.45, 7) is 2.84. The van der Waals surface area contributed by atoms with Gasteiger partial charge >= 0.3 is 0 Å². The molecule has 0 aliphatic carbocycles. The molecule has 0 saturated heterocycles. The fourth-order valence-corrected chi connectivity index (χ4v) is 4.87. The van der Waals surface area contributed by atoms with Crippen LogP contribution in [0.4, 0.5) is 0 Å². The van der Waals surface area contributed by atoms with Crippen molar-refractivity contribution in [2.24, 2.45) is 0 Å². The normalized spacial score (nSPS) is 27.5. The van der Waals surface area contributed by atoms with E-state index in [9.17, 15) is 0 Å². The van der Waals surface area contributed by atoms with Gasteiger partial charge in [0.05, 0.1) is 13.6 Å². The lowest BCUT2D eigenvalue weighted by atomic mass is 9.81. The van der Waals surface area contributed by atoms with E-state index in [4.69, 9.17) is 18.9 Å². The Morgan fingerprint density at radius 2 is 1.40 bits per heavy atom. The molecule has 0 radical (unpaired) electrons. The van der Waals surface area contributed by atoms with Crippen molar-refractivity contribution in [3.05, 3.63) is 46.5 Å². The van der Waals surface area contributed by atoms with E-state index in [2.05, 4.69) is 31.3 Å². The van der Waals surface area contributed by atoms with Crippen LogP contribution in [0.3, 0.4) is 0 Å². The number of hydrogen-bond acceptors (Lipinski definition) is 4. The van der Waals surface area contributed by atoms with E-state index >= 15 is 0 Å². The fraction of sp³-hybridized carbons (Fsp3) is 0.400. The Hall–Kier alpha value is -2.40. The maximum Gasteiger partial charge on any atom is 0.231 e. The van der Waals surface area contributed by atoms with Crippen LogP contribution in [0.25, 0.3) is 0 Å². The highest BCUT2D eigenvalue weighted by molar-refractivity contribution is 5.53. The molecule has 6 rings (SSSR count). The number of quaternary nitrogens is 1. The zero-order valence-electron chi connectivity index (χ0n) is 14.2. The van der Waals surface area contributed by atoms with Crippen molar-refractivity contribution >= 4 is 0 Å². The van der Waals surface area contributed by atoms with Crippen LogP contribution in [0, 0.1) is 0 Å². The van der Waals surface area contributed by atoms with Crippen LogP contribution in [-0.2, 0) is 19.4 Å². The van der Waals surface area contributed by atoms with Gasteiger partial charge in [0.2, 0.25) is 13.6 Å². The second-order valence-corrected chi connectivity index (χ2v) is 7.71. The molecule has 0 spiro atoms. The monoisotopic (exact) mass is 338 g/mol. The van der Waals surface area contributed by atoms with Gasteiger partial charge in [0.1, 0.15) is 12.6 Å². The molecule has 25 heavy (non-hydrogen) atoms. The largest absolute Gasteiger partial charge is 0.454 e. The van der Waals surface area contributed by atoms with Crippen LogP contribution in [0.1, 0.15) is 28.3 Å². The van der Waals surface area contributed by atoms with Crippen molar-refractivity contribution in [3.8, 4) is 23.0 Å². The third-order valence-corrected chi connectivity index (χ3v) is 6.28. The van der Waals surface area contributed by atoms with Gasteiger partial charge in [0.25, 0.3) is 0 Å². The standard InChI is InChI=1S/C20H20NO4/c1-21-3-2-12-5-17-20(25-11-22-17)8-15(12)16(21)4-13-6-18-19(24-10-23-18)7-14(13)9-21/h5-8,16H,2-4,9-11H2,1H3/q+1/t16-,21+/m0/s1. The molecule has 4 aliphatic heterocycles. The van der Waals surface area contributed by atoms with E-state index < -0.39 is 0 Å². The average molecular weight is 338 g/mol. The molecule has 5 nitrogen and oxygen atoms in total. The first kappa shape index (κ1) is 13.8. The Morgan fingerprint density at radius 3 is 2.12 bits per heavy atom. The van der Waals surface area contributed by atoms with Gasteiger partial charge in [0.15, 0.2) is 23.0 Å². The van der Waals surface area contributed by atoms with E-state index in [0.717, 1.165) is 53.4 Å². The predicted molar refractivity (Wildman–Crippen MR) is 90.0 cm³/mol. The maximum absolute atomic E-state index is 5.64. The molecule has 0 aromatic heterocycles. The van der Waals surface area contributed by atoms with Crippen molar-refractivity contribution in [3.63, 3.8) is 0 Å². The van der Waals surface area contributed by atoms with E-state index in [1.165, 1.54) is 22.3 Å². The molecule has 0 unspecified atom stereocenters. The second-order valence-electron chi connectivity index (χ2n) is 7.71. The van der Waals surface area contributed by atoms with E-state index in [-0.39, 0.29) is 0 Å². The Bertz CT molecular complexity index is 909. The predicted octanol–water partition coefficient (Wildman–Crippen LogP) is 2.94. The number of fused-ring (bicyclic) bond motifs is 6. The number of likely N-dealkylation sites (N-methyl/N-ethyl adjacent to an activating group) is 1. The van der Waals surface area contributed by atoms with Crippen LogP contribution in [0.5, 0.6) is 23.0 Å². The second kappa shape index (κ2) is 4.61. The number of hydrogen-bond donors (Lipinski definition) is 0. The highest BCUT2D eigenvalue weighted by Crippen LogP contribution is 2.48. The molecule has 0 saturated carbocycles. The summed E-state index contributed by atoms with van der Waals surface area (Å²) in [6.07, 6.45) is 2.11. The maximum atomic E-state index is 5.64. The average Bonchev–Trinajstić information content (AvgIpc) is 3.24. The lowest BCUT2D eigenvalue weighted by Gasteiger charge is -2.48. The van der Waals surface area contributed by atoms with Gasteiger partial charge in [-0.3, -0.25) is 0 Å². The van der Waals surface area contributed by atoms with Crippen molar-refractivity contribution in [1.29, 1.82) is 0 Å². The minimum atomic E-state index is 0.333. The molecule has 0 bridgehead atoms. The third-order valence-electron chi connectivity index (χ3n) is 6.28. The minimum Gasteiger partial charge on any atom is -0.454 e. The van der Waals surface area contributed by atoms with E-state index in [1.807, 2.05) is 0 Å². The van der Waals surface area contributed by atoms with Crippen molar-refractivity contribution < 1.29 is 23.4 Å². The highest BCUT2D eigenvalue weighted by Gasteiger charge is 2.44. The van der Waals surface area contributed by atoms with Gasteiger partial charge in [0, 0.05) is 24.0 Å². The smallest absolute Gasteiger partial charge is 0.231 e. The summed E-state index contributed by atoms with van der Waals surface area (Å²) >= 11 is 0. The fourth-order valence-electron chi connectivity index (χ4n) is 4.87. The molecular formula is C20H20NO4+. The highest BCUT2D eigenvalue weighted by atomic mass is 16.7. The molecular weight excluding hydrogens is 318 g/mol.